The number of hydrogen-bond donors (Lipinski definition) is 1. The van der Waals surface area contributed by atoms with Gasteiger partial charge in [-0.2, -0.15) is 0 Å². The van der Waals surface area contributed by atoms with E-state index < -0.39 is 0 Å². The summed E-state index contributed by atoms with van der Waals surface area (Å²) in [5.41, 5.74) is 0.548. The molecule has 4 nitrogen and oxygen atoms in total. The standard InChI is InChI=1S/C10H12BrNO3/c11-9-8(3-6-15-9)10(14)12-4-1-7(13)2-5-12/h3,6-7,13H,1-2,4-5H2. The highest BCUT2D eigenvalue weighted by Gasteiger charge is 2.24. The Kier molecular flexibility index (Phi) is 3.11. The predicted octanol–water partition coefficient (Wildman–Crippen LogP) is 1.64. The van der Waals surface area contributed by atoms with Gasteiger partial charge in [0, 0.05) is 13.1 Å². The van der Waals surface area contributed by atoms with Crippen molar-refractivity contribution in [3.63, 3.8) is 0 Å². The predicted molar refractivity (Wildman–Crippen MR) is 57.6 cm³/mol. The molecule has 82 valence electrons. The van der Waals surface area contributed by atoms with Gasteiger partial charge in [0.1, 0.15) is 0 Å². The van der Waals surface area contributed by atoms with E-state index in [0.717, 1.165) is 0 Å². The lowest BCUT2D eigenvalue weighted by Crippen LogP contribution is -2.40. The van der Waals surface area contributed by atoms with Crippen LogP contribution in [-0.4, -0.2) is 35.1 Å². The number of rotatable bonds is 1. The van der Waals surface area contributed by atoms with Gasteiger partial charge in [-0.15, -0.1) is 0 Å². The molecule has 0 spiro atoms. The number of piperidine rings is 1. The molecule has 15 heavy (non-hydrogen) atoms. The van der Waals surface area contributed by atoms with Gasteiger partial charge in [0.15, 0.2) is 4.67 Å². The second kappa shape index (κ2) is 4.37. The molecule has 0 saturated carbocycles. The molecule has 5 heteroatoms. The fraction of sp³-hybridized carbons (Fsp3) is 0.500. The highest BCUT2D eigenvalue weighted by molar-refractivity contribution is 9.10. The number of carbonyl (C=O) groups is 1. The Bertz CT molecular complexity index is 355. The summed E-state index contributed by atoms with van der Waals surface area (Å²) >= 11 is 3.18. The summed E-state index contributed by atoms with van der Waals surface area (Å²) in [6.07, 6.45) is 2.53. The zero-order valence-electron chi connectivity index (χ0n) is 8.15. The van der Waals surface area contributed by atoms with E-state index in [1.54, 1.807) is 11.0 Å². The minimum Gasteiger partial charge on any atom is -0.457 e. The molecule has 0 aromatic carbocycles. The lowest BCUT2D eigenvalue weighted by molar-refractivity contribution is 0.0545. The van der Waals surface area contributed by atoms with E-state index in [9.17, 15) is 9.90 Å². The van der Waals surface area contributed by atoms with Crippen LogP contribution in [0.2, 0.25) is 0 Å². The maximum atomic E-state index is 11.9. The summed E-state index contributed by atoms with van der Waals surface area (Å²) in [7, 11) is 0. The lowest BCUT2D eigenvalue weighted by atomic mass is 10.1. The molecule has 0 radical (unpaired) electrons. The van der Waals surface area contributed by atoms with Crippen molar-refractivity contribution in [2.24, 2.45) is 0 Å². The highest BCUT2D eigenvalue weighted by atomic mass is 79.9. The topological polar surface area (TPSA) is 53.7 Å². The Morgan fingerprint density at radius 3 is 2.73 bits per heavy atom. The number of likely N-dealkylation sites (tertiary alicyclic amines) is 1. The molecule has 0 atom stereocenters. The lowest BCUT2D eigenvalue weighted by Gasteiger charge is -2.29. The summed E-state index contributed by atoms with van der Waals surface area (Å²) in [5, 5.41) is 9.33. The first-order chi connectivity index (χ1) is 7.18. The van der Waals surface area contributed by atoms with Crippen molar-refractivity contribution in [3.05, 3.63) is 22.6 Å². The van der Waals surface area contributed by atoms with Gasteiger partial charge < -0.3 is 14.4 Å². The molecule has 1 aliphatic heterocycles. The maximum Gasteiger partial charge on any atom is 0.258 e. The molecule has 1 aromatic rings. The molecule has 1 saturated heterocycles. The Labute approximate surface area is 96.0 Å². The molecular formula is C10H12BrNO3. The van der Waals surface area contributed by atoms with Crippen LogP contribution in [0.3, 0.4) is 0 Å². The van der Waals surface area contributed by atoms with Gasteiger partial charge in [-0.05, 0) is 34.8 Å². The second-order valence-corrected chi connectivity index (χ2v) is 4.35. The normalized spacial score (nSPS) is 18.1. The summed E-state index contributed by atoms with van der Waals surface area (Å²) in [4.78, 5) is 13.7. The van der Waals surface area contributed by atoms with Crippen molar-refractivity contribution in [1.82, 2.24) is 4.90 Å². The van der Waals surface area contributed by atoms with Gasteiger partial charge in [-0.25, -0.2) is 0 Å². The second-order valence-electron chi connectivity index (χ2n) is 3.63. The van der Waals surface area contributed by atoms with Crippen molar-refractivity contribution in [1.29, 1.82) is 0 Å². The number of amides is 1. The minimum atomic E-state index is -0.262. The summed E-state index contributed by atoms with van der Waals surface area (Å²) in [6.45, 7) is 1.22. The number of aliphatic hydroxyl groups excluding tert-OH is 1. The van der Waals surface area contributed by atoms with Crippen molar-refractivity contribution < 1.29 is 14.3 Å². The molecule has 2 heterocycles. The van der Waals surface area contributed by atoms with Gasteiger partial charge >= 0.3 is 0 Å². The molecule has 1 amide bonds. The molecule has 0 unspecified atom stereocenters. The van der Waals surface area contributed by atoms with Gasteiger partial charge in [-0.1, -0.05) is 0 Å². The van der Waals surface area contributed by atoms with Gasteiger partial charge in [0.05, 0.1) is 17.9 Å². The third kappa shape index (κ3) is 2.23. The Balaban J connectivity index is 2.06. The fourth-order valence-corrected chi connectivity index (χ4v) is 2.10. The monoisotopic (exact) mass is 273 g/mol. The molecule has 1 fully saturated rings. The minimum absolute atomic E-state index is 0.0393. The number of halogens is 1. The van der Waals surface area contributed by atoms with Crippen molar-refractivity contribution in [2.75, 3.05) is 13.1 Å². The van der Waals surface area contributed by atoms with E-state index in [2.05, 4.69) is 15.9 Å². The van der Waals surface area contributed by atoms with E-state index in [1.807, 2.05) is 0 Å². The average Bonchev–Trinajstić information content (AvgIpc) is 2.65. The number of carbonyl (C=O) groups excluding carboxylic acids is 1. The summed E-state index contributed by atoms with van der Waals surface area (Å²) in [5.74, 6) is -0.0393. The molecule has 1 aromatic heterocycles. The first-order valence-electron chi connectivity index (χ1n) is 4.89. The largest absolute Gasteiger partial charge is 0.457 e. The van der Waals surface area contributed by atoms with Crippen LogP contribution in [0.4, 0.5) is 0 Å². The third-order valence-electron chi connectivity index (χ3n) is 2.60. The van der Waals surface area contributed by atoms with E-state index in [0.29, 0.717) is 36.2 Å². The van der Waals surface area contributed by atoms with Crippen LogP contribution < -0.4 is 0 Å². The molecule has 0 aliphatic carbocycles. The molecule has 1 aliphatic rings. The van der Waals surface area contributed by atoms with Crippen molar-refractivity contribution in [2.45, 2.75) is 18.9 Å². The number of hydrogen-bond acceptors (Lipinski definition) is 3. The molecule has 0 bridgehead atoms. The van der Waals surface area contributed by atoms with Crippen LogP contribution in [0.1, 0.15) is 23.2 Å². The maximum absolute atomic E-state index is 11.9. The van der Waals surface area contributed by atoms with Crippen LogP contribution in [-0.2, 0) is 0 Å². The Morgan fingerprint density at radius 1 is 1.53 bits per heavy atom. The Morgan fingerprint density at radius 2 is 2.20 bits per heavy atom. The van der Waals surface area contributed by atoms with Crippen LogP contribution in [0.5, 0.6) is 0 Å². The van der Waals surface area contributed by atoms with Crippen molar-refractivity contribution >= 4 is 21.8 Å². The number of furan rings is 1. The highest BCUT2D eigenvalue weighted by Crippen LogP contribution is 2.21. The van der Waals surface area contributed by atoms with Crippen LogP contribution >= 0.6 is 15.9 Å². The van der Waals surface area contributed by atoms with Crippen LogP contribution in [0, 0.1) is 0 Å². The summed E-state index contributed by atoms with van der Waals surface area (Å²) in [6, 6.07) is 1.65. The zero-order valence-corrected chi connectivity index (χ0v) is 9.74. The zero-order chi connectivity index (χ0) is 10.8. The van der Waals surface area contributed by atoms with Crippen molar-refractivity contribution in [3.8, 4) is 0 Å². The first kappa shape index (κ1) is 10.7. The van der Waals surface area contributed by atoms with E-state index in [1.165, 1.54) is 6.26 Å². The molecular weight excluding hydrogens is 262 g/mol. The molecule has 1 N–H and O–H groups in total. The smallest absolute Gasteiger partial charge is 0.258 e. The Hall–Kier alpha value is -0.810. The van der Waals surface area contributed by atoms with E-state index >= 15 is 0 Å². The number of aliphatic hydroxyl groups is 1. The van der Waals surface area contributed by atoms with E-state index in [-0.39, 0.29) is 12.0 Å². The van der Waals surface area contributed by atoms with Gasteiger partial charge in [0.2, 0.25) is 0 Å². The van der Waals surface area contributed by atoms with Gasteiger partial charge in [-0.3, -0.25) is 4.79 Å². The van der Waals surface area contributed by atoms with E-state index in [4.69, 9.17) is 4.42 Å². The van der Waals surface area contributed by atoms with Crippen LogP contribution in [0.25, 0.3) is 0 Å². The summed E-state index contributed by atoms with van der Waals surface area (Å²) < 4.78 is 5.49. The SMILES string of the molecule is O=C(c1ccoc1Br)N1CCC(O)CC1. The molecule has 2 rings (SSSR count). The average molecular weight is 274 g/mol. The third-order valence-corrected chi connectivity index (χ3v) is 3.21. The number of nitrogens with zero attached hydrogens (tertiary/aromatic N) is 1. The first-order valence-corrected chi connectivity index (χ1v) is 5.68. The fourth-order valence-electron chi connectivity index (χ4n) is 1.69. The van der Waals surface area contributed by atoms with Gasteiger partial charge in [0.25, 0.3) is 5.91 Å². The van der Waals surface area contributed by atoms with Crippen LogP contribution in [0.15, 0.2) is 21.4 Å². The quantitative estimate of drug-likeness (QED) is 0.847.